The van der Waals surface area contributed by atoms with Crippen molar-refractivity contribution in [2.45, 2.75) is 33.1 Å². The SMILES string of the molecule is CCOC(=O)C1CCCN(CC(=O)N(CCC#N)c2ccc(OCC)cc2)C1. The monoisotopic (exact) mass is 387 g/mol. The molecular weight excluding hydrogens is 358 g/mol. The molecule has 0 saturated carbocycles. The van der Waals surface area contributed by atoms with E-state index in [1.807, 2.05) is 36.1 Å². The Bertz CT molecular complexity index is 684. The minimum atomic E-state index is -0.188. The fourth-order valence-corrected chi connectivity index (χ4v) is 3.38. The van der Waals surface area contributed by atoms with Gasteiger partial charge in [-0.05, 0) is 57.5 Å². The van der Waals surface area contributed by atoms with Crippen molar-refractivity contribution in [3.05, 3.63) is 24.3 Å². The third kappa shape index (κ3) is 6.24. The highest BCUT2D eigenvalue weighted by atomic mass is 16.5. The van der Waals surface area contributed by atoms with Crippen molar-refractivity contribution in [3.8, 4) is 11.8 Å². The predicted molar refractivity (Wildman–Crippen MR) is 106 cm³/mol. The molecule has 152 valence electrons. The maximum absolute atomic E-state index is 13.0. The molecule has 1 aliphatic heterocycles. The van der Waals surface area contributed by atoms with Crippen molar-refractivity contribution in [1.82, 2.24) is 4.90 Å². The van der Waals surface area contributed by atoms with E-state index in [1.165, 1.54) is 0 Å². The average molecular weight is 387 g/mol. The highest BCUT2D eigenvalue weighted by molar-refractivity contribution is 5.95. The molecule has 0 N–H and O–H groups in total. The Morgan fingerprint density at radius 2 is 2.00 bits per heavy atom. The highest BCUT2D eigenvalue weighted by Gasteiger charge is 2.29. The lowest BCUT2D eigenvalue weighted by molar-refractivity contribution is -0.150. The van der Waals surface area contributed by atoms with Gasteiger partial charge in [-0.25, -0.2) is 0 Å². The zero-order valence-electron chi connectivity index (χ0n) is 16.7. The number of rotatable bonds is 9. The topological polar surface area (TPSA) is 82.9 Å². The van der Waals surface area contributed by atoms with E-state index in [0.717, 1.165) is 30.8 Å². The summed E-state index contributed by atoms with van der Waals surface area (Å²) in [5.74, 6) is 0.295. The van der Waals surface area contributed by atoms with Gasteiger partial charge in [0.15, 0.2) is 0 Å². The van der Waals surface area contributed by atoms with Gasteiger partial charge in [-0.15, -0.1) is 0 Å². The number of carbonyl (C=O) groups is 2. The molecule has 1 amide bonds. The van der Waals surface area contributed by atoms with E-state index in [9.17, 15) is 9.59 Å². The Morgan fingerprint density at radius 3 is 2.64 bits per heavy atom. The molecule has 0 aliphatic carbocycles. The molecule has 1 saturated heterocycles. The molecule has 2 rings (SSSR count). The maximum Gasteiger partial charge on any atom is 0.310 e. The van der Waals surface area contributed by atoms with Crippen LogP contribution >= 0.6 is 0 Å². The molecule has 28 heavy (non-hydrogen) atoms. The van der Waals surface area contributed by atoms with Gasteiger partial charge in [0.05, 0.1) is 38.2 Å². The van der Waals surface area contributed by atoms with Crippen LogP contribution in [0.1, 0.15) is 33.1 Å². The summed E-state index contributed by atoms with van der Waals surface area (Å²) < 4.78 is 10.6. The molecule has 0 spiro atoms. The van der Waals surface area contributed by atoms with Crippen LogP contribution < -0.4 is 9.64 Å². The Morgan fingerprint density at radius 1 is 1.25 bits per heavy atom. The summed E-state index contributed by atoms with van der Waals surface area (Å²) in [5.41, 5.74) is 0.739. The van der Waals surface area contributed by atoms with Crippen molar-refractivity contribution >= 4 is 17.6 Å². The summed E-state index contributed by atoms with van der Waals surface area (Å²) in [4.78, 5) is 28.6. The number of anilines is 1. The summed E-state index contributed by atoms with van der Waals surface area (Å²) in [6.45, 7) is 6.51. The van der Waals surface area contributed by atoms with E-state index < -0.39 is 0 Å². The number of nitriles is 1. The Hall–Kier alpha value is -2.59. The molecular formula is C21H29N3O4. The zero-order valence-corrected chi connectivity index (χ0v) is 16.7. The van der Waals surface area contributed by atoms with E-state index in [1.54, 1.807) is 11.8 Å². The van der Waals surface area contributed by atoms with Gasteiger partial charge in [0.25, 0.3) is 0 Å². The number of amides is 1. The zero-order chi connectivity index (χ0) is 20.4. The van der Waals surface area contributed by atoms with Gasteiger partial charge in [0.2, 0.25) is 5.91 Å². The molecule has 1 heterocycles. The summed E-state index contributed by atoms with van der Waals surface area (Å²) in [6.07, 6.45) is 1.91. The lowest BCUT2D eigenvalue weighted by Gasteiger charge is -2.32. The average Bonchev–Trinajstić information content (AvgIpc) is 2.70. The number of nitrogens with zero attached hydrogens (tertiary/aromatic N) is 3. The first-order chi connectivity index (χ1) is 13.6. The number of carbonyl (C=O) groups excluding carboxylic acids is 2. The molecule has 0 aromatic heterocycles. The van der Waals surface area contributed by atoms with Crippen LogP contribution in [0.3, 0.4) is 0 Å². The van der Waals surface area contributed by atoms with Crippen molar-refractivity contribution in [2.24, 2.45) is 5.92 Å². The highest BCUT2D eigenvalue weighted by Crippen LogP contribution is 2.22. The molecule has 1 atom stereocenters. The summed E-state index contributed by atoms with van der Waals surface area (Å²) in [5, 5.41) is 8.96. The van der Waals surface area contributed by atoms with E-state index in [0.29, 0.717) is 26.3 Å². The fraction of sp³-hybridized carbons (Fsp3) is 0.571. The van der Waals surface area contributed by atoms with Crippen molar-refractivity contribution in [3.63, 3.8) is 0 Å². The molecule has 0 radical (unpaired) electrons. The Kier molecular flexibility index (Phi) is 8.76. The van der Waals surface area contributed by atoms with Crippen LogP contribution in [0, 0.1) is 17.2 Å². The summed E-state index contributed by atoms with van der Waals surface area (Å²) in [6, 6.07) is 9.41. The molecule has 1 fully saturated rings. The van der Waals surface area contributed by atoms with Crippen molar-refractivity contribution < 1.29 is 19.1 Å². The first-order valence-corrected chi connectivity index (χ1v) is 9.88. The molecule has 1 unspecified atom stereocenters. The van der Waals surface area contributed by atoms with Gasteiger partial charge in [-0.3, -0.25) is 14.5 Å². The van der Waals surface area contributed by atoms with Gasteiger partial charge >= 0.3 is 5.97 Å². The molecule has 1 aromatic carbocycles. The van der Waals surface area contributed by atoms with Crippen LogP contribution in [0.4, 0.5) is 5.69 Å². The van der Waals surface area contributed by atoms with Crippen LogP contribution in [0.2, 0.25) is 0 Å². The number of hydrogen-bond donors (Lipinski definition) is 0. The fourth-order valence-electron chi connectivity index (χ4n) is 3.38. The minimum absolute atomic E-state index is 0.0797. The lowest BCUT2D eigenvalue weighted by atomic mass is 9.98. The Balaban J connectivity index is 2.03. The predicted octanol–water partition coefficient (Wildman–Crippen LogP) is 2.61. The standard InChI is InChI=1S/C21H29N3O4/c1-3-27-19-10-8-18(9-11-19)24(14-6-12-22)20(25)16-23-13-5-7-17(15-23)21(26)28-4-2/h8-11,17H,3-7,13-16H2,1-2H3. The second kappa shape index (κ2) is 11.3. The number of hydrogen-bond acceptors (Lipinski definition) is 6. The van der Waals surface area contributed by atoms with Crippen molar-refractivity contribution in [2.75, 3.05) is 44.3 Å². The summed E-state index contributed by atoms with van der Waals surface area (Å²) >= 11 is 0. The van der Waals surface area contributed by atoms with Gasteiger partial charge < -0.3 is 14.4 Å². The van der Waals surface area contributed by atoms with E-state index in [2.05, 4.69) is 6.07 Å². The minimum Gasteiger partial charge on any atom is -0.494 e. The molecule has 0 bridgehead atoms. The molecule has 7 heteroatoms. The molecule has 7 nitrogen and oxygen atoms in total. The molecule has 1 aliphatic rings. The van der Waals surface area contributed by atoms with Gasteiger partial charge in [-0.1, -0.05) is 0 Å². The van der Waals surface area contributed by atoms with Gasteiger partial charge in [0, 0.05) is 18.8 Å². The van der Waals surface area contributed by atoms with Gasteiger partial charge in [0.1, 0.15) is 5.75 Å². The largest absolute Gasteiger partial charge is 0.494 e. The van der Waals surface area contributed by atoms with Crippen LogP contribution in [0.5, 0.6) is 5.75 Å². The second-order valence-electron chi connectivity index (χ2n) is 6.71. The normalized spacial score (nSPS) is 16.8. The lowest BCUT2D eigenvalue weighted by Crippen LogP contribution is -2.46. The second-order valence-corrected chi connectivity index (χ2v) is 6.71. The number of likely N-dealkylation sites (tertiary alicyclic amines) is 1. The van der Waals surface area contributed by atoms with Crippen LogP contribution in [0.15, 0.2) is 24.3 Å². The third-order valence-electron chi connectivity index (χ3n) is 4.69. The van der Waals surface area contributed by atoms with E-state index in [4.69, 9.17) is 14.7 Å². The quantitative estimate of drug-likeness (QED) is 0.606. The number of esters is 1. The van der Waals surface area contributed by atoms with E-state index in [-0.39, 0.29) is 30.8 Å². The number of piperidine rings is 1. The van der Waals surface area contributed by atoms with Gasteiger partial charge in [-0.2, -0.15) is 5.26 Å². The smallest absolute Gasteiger partial charge is 0.310 e. The van der Waals surface area contributed by atoms with E-state index >= 15 is 0 Å². The third-order valence-corrected chi connectivity index (χ3v) is 4.69. The maximum atomic E-state index is 13.0. The summed E-state index contributed by atoms with van der Waals surface area (Å²) in [7, 11) is 0. The first kappa shape index (κ1) is 21.7. The van der Waals surface area contributed by atoms with Crippen molar-refractivity contribution in [1.29, 1.82) is 5.26 Å². The Labute approximate surface area is 166 Å². The van der Waals surface area contributed by atoms with Crippen LogP contribution in [-0.2, 0) is 14.3 Å². The van der Waals surface area contributed by atoms with Crippen LogP contribution in [0.25, 0.3) is 0 Å². The van der Waals surface area contributed by atoms with Crippen LogP contribution in [-0.4, -0.2) is 56.2 Å². The molecule has 1 aromatic rings. The first-order valence-electron chi connectivity index (χ1n) is 9.88. The number of ether oxygens (including phenoxy) is 2. The number of benzene rings is 1.